The van der Waals surface area contributed by atoms with E-state index in [0.717, 1.165) is 23.2 Å². The highest BCUT2D eigenvalue weighted by Crippen LogP contribution is 2.32. The molecule has 0 fully saturated rings. The quantitative estimate of drug-likeness (QED) is 0.728. The van der Waals surface area contributed by atoms with Crippen LogP contribution in [0.15, 0.2) is 47.1 Å². The standard InChI is InChI=1S/C17H14N4O2/c1-11-19-16(20-23-11)13-5-6-15-12(10-13)7-9-21(15)17(22)14-4-2-3-8-18-14/h2-6,8,10H,7,9H2,1H3. The van der Waals surface area contributed by atoms with Gasteiger partial charge in [-0.2, -0.15) is 4.98 Å². The molecule has 1 aliphatic rings. The Morgan fingerprint density at radius 3 is 2.91 bits per heavy atom. The van der Waals surface area contributed by atoms with Crippen LogP contribution in [0.3, 0.4) is 0 Å². The highest BCUT2D eigenvalue weighted by atomic mass is 16.5. The predicted molar refractivity (Wildman–Crippen MR) is 84.1 cm³/mol. The van der Waals surface area contributed by atoms with Gasteiger partial charge in [0.15, 0.2) is 0 Å². The van der Waals surface area contributed by atoms with E-state index in [-0.39, 0.29) is 5.91 Å². The number of hydrogen-bond donors (Lipinski definition) is 0. The molecule has 0 atom stereocenters. The predicted octanol–water partition coefficient (Wildman–Crippen LogP) is 2.64. The summed E-state index contributed by atoms with van der Waals surface area (Å²) in [6.07, 6.45) is 2.43. The molecule has 0 radical (unpaired) electrons. The summed E-state index contributed by atoms with van der Waals surface area (Å²) in [5, 5.41) is 3.94. The van der Waals surface area contributed by atoms with Gasteiger partial charge in [0.2, 0.25) is 11.7 Å². The Kier molecular flexibility index (Phi) is 3.15. The van der Waals surface area contributed by atoms with Crippen LogP contribution in [0.25, 0.3) is 11.4 Å². The first-order valence-electron chi connectivity index (χ1n) is 7.39. The van der Waals surface area contributed by atoms with Crippen LogP contribution in [0.4, 0.5) is 5.69 Å². The van der Waals surface area contributed by atoms with Gasteiger partial charge in [-0.25, -0.2) is 0 Å². The molecule has 114 valence electrons. The lowest BCUT2D eigenvalue weighted by Gasteiger charge is -2.16. The van der Waals surface area contributed by atoms with Crippen LogP contribution >= 0.6 is 0 Å². The van der Waals surface area contributed by atoms with Gasteiger partial charge in [0.05, 0.1) is 0 Å². The number of fused-ring (bicyclic) bond motifs is 1. The van der Waals surface area contributed by atoms with Gasteiger partial charge in [-0.15, -0.1) is 0 Å². The van der Waals surface area contributed by atoms with Gasteiger partial charge in [0.25, 0.3) is 5.91 Å². The monoisotopic (exact) mass is 306 g/mol. The van der Waals surface area contributed by atoms with E-state index >= 15 is 0 Å². The molecule has 0 saturated heterocycles. The van der Waals surface area contributed by atoms with Crippen molar-refractivity contribution in [2.75, 3.05) is 11.4 Å². The van der Waals surface area contributed by atoms with Crippen molar-refractivity contribution in [2.24, 2.45) is 0 Å². The molecular formula is C17H14N4O2. The fraction of sp³-hybridized carbons (Fsp3) is 0.176. The molecule has 6 heteroatoms. The number of pyridine rings is 1. The summed E-state index contributed by atoms with van der Waals surface area (Å²) in [6, 6.07) is 11.2. The highest BCUT2D eigenvalue weighted by molar-refractivity contribution is 6.06. The van der Waals surface area contributed by atoms with Crippen molar-refractivity contribution in [2.45, 2.75) is 13.3 Å². The lowest BCUT2D eigenvalue weighted by molar-refractivity contribution is 0.0984. The van der Waals surface area contributed by atoms with E-state index in [0.29, 0.717) is 24.0 Å². The molecule has 4 rings (SSSR count). The van der Waals surface area contributed by atoms with Gasteiger partial charge >= 0.3 is 0 Å². The Morgan fingerprint density at radius 2 is 2.17 bits per heavy atom. The maximum absolute atomic E-state index is 12.6. The summed E-state index contributed by atoms with van der Waals surface area (Å²) in [7, 11) is 0. The Balaban J connectivity index is 1.66. The summed E-state index contributed by atoms with van der Waals surface area (Å²) in [5.74, 6) is 1.03. The van der Waals surface area contributed by atoms with E-state index < -0.39 is 0 Å². The fourth-order valence-corrected chi connectivity index (χ4v) is 2.80. The van der Waals surface area contributed by atoms with Crippen LogP contribution in [-0.4, -0.2) is 27.6 Å². The number of aromatic nitrogens is 3. The van der Waals surface area contributed by atoms with E-state index in [1.54, 1.807) is 30.2 Å². The molecule has 3 heterocycles. The van der Waals surface area contributed by atoms with E-state index in [2.05, 4.69) is 15.1 Å². The zero-order valence-electron chi connectivity index (χ0n) is 12.6. The zero-order chi connectivity index (χ0) is 15.8. The second-order valence-corrected chi connectivity index (χ2v) is 5.40. The van der Waals surface area contributed by atoms with Crippen molar-refractivity contribution in [1.82, 2.24) is 15.1 Å². The first-order valence-corrected chi connectivity index (χ1v) is 7.39. The number of benzene rings is 1. The van der Waals surface area contributed by atoms with Crippen molar-refractivity contribution in [3.63, 3.8) is 0 Å². The van der Waals surface area contributed by atoms with Gasteiger partial charge in [-0.3, -0.25) is 9.78 Å². The normalized spacial score (nSPS) is 13.2. The van der Waals surface area contributed by atoms with Crippen molar-refractivity contribution >= 4 is 11.6 Å². The van der Waals surface area contributed by atoms with Crippen molar-refractivity contribution in [3.8, 4) is 11.4 Å². The molecule has 0 spiro atoms. The van der Waals surface area contributed by atoms with Crippen LogP contribution in [0, 0.1) is 6.92 Å². The number of hydrogen-bond acceptors (Lipinski definition) is 5. The second-order valence-electron chi connectivity index (χ2n) is 5.40. The molecule has 0 saturated carbocycles. The van der Waals surface area contributed by atoms with Crippen LogP contribution in [-0.2, 0) is 6.42 Å². The smallest absolute Gasteiger partial charge is 0.276 e. The number of amides is 1. The first kappa shape index (κ1) is 13.6. The minimum atomic E-state index is -0.0764. The van der Waals surface area contributed by atoms with Gasteiger partial charge in [0.1, 0.15) is 5.69 Å². The number of carbonyl (C=O) groups is 1. The molecule has 0 bridgehead atoms. The molecule has 0 unspecified atom stereocenters. The summed E-state index contributed by atoms with van der Waals surface area (Å²) >= 11 is 0. The van der Waals surface area contributed by atoms with Crippen molar-refractivity contribution in [3.05, 3.63) is 59.7 Å². The molecule has 1 aliphatic heterocycles. The van der Waals surface area contributed by atoms with Gasteiger partial charge in [-0.05, 0) is 42.3 Å². The summed E-state index contributed by atoms with van der Waals surface area (Å²) in [4.78, 5) is 22.7. The molecule has 0 N–H and O–H groups in total. The molecule has 1 aromatic carbocycles. The van der Waals surface area contributed by atoms with Crippen molar-refractivity contribution < 1.29 is 9.32 Å². The van der Waals surface area contributed by atoms with E-state index in [9.17, 15) is 4.79 Å². The lowest BCUT2D eigenvalue weighted by Crippen LogP contribution is -2.29. The third kappa shape index (κ3) is 2.38. The third-order valence-electron chi connectivity index (χ3n) is 3.89. The molecule has 23 heavy (non-hydrogen) atoms. The maximum atomic E-state index is 12.6. The number of anilines is 1. The number of carbonyl (C=O) groups excluding carboxylic acids is 1. The molecule has 1 amide bonds. The van der Waals surface area contributed by atoms with Gasteiger partial charge in [-0.1, -0.05) is 11.2 Å². The third-order valence-corrected chi connectivity index (χ3v) is 3.89. The molecule has 2 aromatic heterocycles. The number of aryl methyl sites for hydroxylation is 1. The topological polar surface area (TPSA) is 72.1 Å². The Morgan fingerprint density at radius 1 is 1.26 bits per heavy atom. The highest BCUT2D eigenvalue weighted by Gasteiger charge is 2.26. The lowest BCUT2D eigenvalue weighted by atomic mass is 10.1. The second kappa shape index (κ2) is 5.31. The first-order chi connectivity index (χ1) is 11.2. The largest absolute Gasteiger partial charge is 0.339 e. The maximum Gasteiger partial charge on any atom is 0.276 e. The van der Waals surface area contributed by atoms with Crippen LogP contribution in [0.2, 0.25) is 0 Å². The summed E-state index contributed by atoms with van der Waals surface area (Å²) < 4.78 is 5.02. The fourth-order valence-electron chi connectivity index (χ4n) is 2.80. The van der Waals surface area contributed by atoms with Crippen LogP contribution in [0.5, 0.6) is 0 Å². The molecule has 3 aromatic rings. The van der Waals surface area contributed by atoms with E-state index in [1.807, 2.05) is 24.3 Å². The van der Waals surface area contributed by atoms with E-state index in [4.69, 9.17) is 4.52 Å². The minimum Gasteiger partial charge on any atom is -0.339 e. The molecular weight excluding hydrogens is 292 g/mol. The summed E-state index contributed by atoms with van der Waals surface area (Å²) in [6.45, 7) is 2.41. The van der Waals surface area contributed by atoms with Crippen LogP contribution < -0.4 is 4.90 Å². The summed E-state index contributed by atoms with van der Waals surface area (Å²) in [5.41, 5.74) is 3.38. The average molecular weight is 306 g/mol. The Labute approximate surface area is 132 Å². The molecule has 0 aliphatic carbocycles. The van der Waals surface area contributed by atoms with E-state index in [1.165, 1.54) is 0 Å². The SMILES string of the molecule is Cc1nc(-c2ccc3c(c2)CCN3C(=O)c2ccccn2)no1. The van der Waals surface area contributed by atoms with Crippen LogP contribution in [0.1, 0.15) is 21.9 Å². The number of nitrogens with zero attached hydrogens (tertiary/aromatic N) is 4. The minimum absolute atomic E-state index is 0.0764. The average Bonchev–Trinajstić information content (AvgIpc) is 3.20. The molecule has 6 nitrogen and oxygen atoms in total. The van der Waals surface area contributed by atoms with Gasteiger partial charge in [0, 0.05) is 30.9 Å². The van der Waals surface area contributed by atoms with Crippen molar-refractivity contribution in [1.29, 1.82) is 0 Å². The number of rotatable bonds is 2. The Bertz CT molecular complexity index is 873. The van der Waals surface area contributed by atoms with Gasteiger partial charge < -0.3 is 9.42 Å². The Hall–Kier alpha value is -3.02. The zero-order valence-corrected chi connectivity index (χ0v) is 12.6.